The Morgan fingerprint density at radius 2 is 1.97 bits per heavy atom. The summed E-state index contributed by atoms with van der Waals surface area (Å²) in [6.45, 7) is 2.22. The fourth-order valence-electron chi connectivity index (χ4n) is 4.14. The van der Waals surface area contributed by atoms with E-state index in [1.807, 2.05) is 10.9 Å². The van der Waals surface area contributed by atoms with E-state index in [2.05, 4.69) is 27.3 Å². The lowest BCUT2D eigenvalue weighted by molar-refractivity contribution is -0.141. The first-order valence-electron chi connectivity index (χ1n) is 10.6. The van der Waals surface area contributed by atoms with Crippen LogP contribution < -0.4 is 10.1 Å². The number of benzene rings is 1. The average Bonchev–Trinajstić information content (AvgIpc) is 3.21. The summed E-state index contributed by atoms with van der Waals surface area (Å²) in [5.74, 6) is 0.314. The highest BCUT2D eigenvalue weighted by atomic mass is 19.4. The molecule has 1 N–H and O–H groups in total. The molecule has 1 aliphatic rings. The van der Waals surface area contributed by atoms with Crippen molar-refractivity contribution < 1.29 is 22.7 Å². The zero-order valence-corrected chi connectivity index (χ0v) is 17.8. The van der Waals surface area contributed by atoms with Crippen molar-refractivity contribution in [3.05, 3.63) is 42.1 Å². The second kappa shape index (κ2) is 8.76. The van der Waals surface area contributed by atoms with Crippen LogP contribution in [-0.2, 0) is 6.18 Å². The van der Waals surface area contributed by atoms with Gasteiger partial charge in [0.15, 0.2) is 5.69 Å². The number of hydrogen-bond acceptors (Lipinski definition) is 5. The van der Waals surface area contributed by atoms with Gasteiger partial charge in [-0.15, -0.1) is 0 Å². The third kappa shape index (κ3) is 4.53. The van der Waals surface area contributed by atoms with E-state index < -0.39 is 23.5 Å². The van der Waals surface area contributed by atoms with E-state index >= 15 is 0 Å². The molecular weight excluding hydrogens is 423 g/mol. The van der Waals surface area contributed by atoms with Crippen LogP contribution in [0.25, 0.3) is 10.9 Å². The second-order valence-electron chi connectivity index (χ2n) is 8.04. The number of methoxy groups -OCH3 is 1. The molecule has 0 saturated heterocycles. The van der Waals surface area contributed by atoms with Gasteiger partial charge < -0.3 is 10.1 Å². The van der Waals surface area contributed by atoms with Gasteiger partial charge in [0.25, 0.3) is 5.91 Å². The number of aromatic nitrogens is 4. The standard InChI is InChI=1S/C22H24F3N5O2/c1-3-13-4-6-15(7-5-13)30-12-14-8-17(19(32-2)9-16(14)29-30)28-21(31)18-10-26-11-20(27-18)22(23,24)25/h8-13,15H,3-7H2,1-2H3,(H,28,31)/t13-,15-. The highest BCUT2D eigenvalue weighted by Crippen LogP contribution is 2.36. The smallest absolute Gasteiger partial charge is 0.434 e. The number of ether oxygens (including phenoxy) is 1. The van der Waals surface area contributed by atoms with E-state index in [9.17, 15) is 18.0 Å². The number of fused-ring (bicyclic) bond motifs is 1. The first-order valence-corrected chi connectivity index (χ1v) is 10.6. The van der Waals surface area contributed by atoms with Crippen molar-refractivity contribution in [3.63, 3.8) is 0 Å². The summed E-state index contributed by atoms with van der Waals surface area (Å²) >= 11 is 0. The predicted octanol–water partition coefficient (Wildman–Crippen LogP) is 5.25. The molecule has 0 atom stereocenters. The number of alkyl halides is 3. The van der Waals surface area contributed by atoms with Gasteiger partial charge in [-0.25, -0.2) is 4.98 Å². The van der Waals surface area contributed by atoms with Crippen molar-refractivity contribution >= 4 is 22.5 Å². The maximum Gasteiger partial charge on any atom is 0.434 e. The minimum absolute atomic E-state index is 0.318. The number of carbonyl (C=O) groups excluding carboxylic acids is 1. The lowest BCUT2D eigenvalue weighted by atomic mass is 9.85. The van der Waals surface area contributed by atoms with Crippen LogP contribution in [0.5, 0.6) is 5.75 Å². The van der Waals surface area contributed by atoms with Gasteiger partial charge in [-0.3, -0.25) is 14.5 Å². The van der Waals surface area contributed by atoms with Crippen LogP contribution in [-0.4, -0.2) is 32.8 Å². The topological polar surface area (TPSA) is 81.9 Å². The van der Waals surface area contributed by atoms with Crippen LogP contribution in [0.15, 0.2) is 30.7 Å². The van der Waals surface area contributed by atoms with Crippen molar-refractivity contribution in [2.24, 2.45) is 5.92 Å². The van der Waals surface area contributed by atoms with Crippen LogP contribution in [0.2, 0.25) is 0 Å². The zero-order valence-electron chi connectivity index (χ0n) is 17.8. The van der Waals surface area contributed by atoms with E-state index in [1.165, 1.54) is 26.4 Å². The van der Waals surface area contributed by atoms with E-state index in [0.29, 0.717) is 23.7 Å². The van der Waals surface area contributed by atoms with Crippen molar-refractivity contribution in [3.8, 4) is 5.75 Å². The summed E-state index contributed by atoms with van der Waals surface area (Å²) in [5.41, 5.74) is -0.633. The highest BCUT2D eigenvalue weighted by molar-refractivity contribution is 6.04. The van der Waals surface area contributed by atoms with Crippen molar-refractivity contribution in [1.82, 2.24) is 19.7 Å². The first kappa shape index (κ1) is 22.0. The third-order valence-corrected chi connectivity index (χ3v) is 6.02. The van der Waals surface area contributed by atoms with Gasteiger partial charge in [0.05, 0.1) is 36.7 Å². The predicted molar refractivity (Wildman–Crippen MR) is 113 cm³/mol. The van der Waals surface area contributed by atoms with Gasteiger partial charge in [-0.05, 0) is 37.7 Å². The Bertz CT molecular complexity index is 1120. The molecule has 10 heteroatoms. The highest BCUT2D eigenvalue weighted by Gasteiger charge is 2.33. The van der Waals surface area contributed by atoms with Crippen LogP contribution in [0, 0.1) is 5.92 Å². The molecule has 4 rings (SSSR count). The SMILES string of the molecule is CC[C@H]1CC[C@H](n2cc3cc(NC(=O)c4cncc(C(F)(F)F)n4)c(OC)cc3n2)CC1. The van der Waals surface area contributed by atoms with E-state index in [-0.39, 0.29) is 0 Å². The Hall–Kier alpha value is -3.17. The van der Waals surface area contributed by atoms with Crippen LogP contribution >= 0.6 is 0 Å². The second-order valence-corrected chi connectivity index (χ2v) is 8.04. The molecule has 170 valence electrons. The molecule has 2 heterocycles. The monoisotopic (exact) mass is 447 g/mol. The van der Waals surface area contributed by atoms with E-state index in [4.69, 9.17) is 4.74 Å². The van der Waals surface area contributed by atoms with Gasteiger partial charge in [-0.2, -0.15) is 18.3 Å². The number of carbonyl (C=O) groups is 1. The van der Waals surface area contributed by atoms with E-state index in [1.54, 1.807) is 12.1 Å². The molecule has 2 aromatic heterocycles. The van der Waals surface area contributed by atoms with E-state index in [0.717, 1.165) is 35.9 Å². The minimum Gasteiger partial charge on any atom is -0.494 e. The molecule has 32 heavy (non-hydrogen) atoms. The maximum absolute atomic E-state index is 12.9. The molecule has 1 saturated carbocycles. The quantitative estimate of drug-likeness (QED) is 0.578. The molecule has 0 spiro atoms. The van der Waals surface area contributed by atoms with Gasteiger partial charge >= 0.3 is 6.18 Å². The Labute approximate surface area is 183 Å². The minimum atomic E-state index is -4.69. The number of anilines is 1. The average molecular weight is 447 g/mol. The largest absolute Gasteiger partial charge is 0.494 e. The number of halogens is 3. The molecule has 1 aromatic carbocycles. The molecular formula is C22H24F3N5O2. The van der Waals surface area contributed by atoms with Crippen molar-refractivity contribution in [2.75, 3.05) is 12.4 Å². The summed E-state index contributed by atoms with van der Waals surface area (Å²) in [5, 5.41) is 8.07. The molecule has 0 unspecified atom stereocenters. The van der Waals surface area contributed by atoms with Crippen LogP contribution in [0.4, 0.5) is 18.9 Å². The molecule has 0 radical (unpaired) electrons. The summed E-state index contributed by atoms with van der Waals surface area (Å²) in [4.78, 5) is 19.4. The fourth-order valence-corrected chi connectivity index (χ4v) is 4.14. The van der Waals surface area contributed by atoms with Gasteiger partial charge in [0, 0.05) is 17.6 Å². The van der Waals surface area contributed by atoms with Gasteiger partial charge in [0.1, 0.15) is 11.4 Å². The molecule has 7 nitrogen and oxygen atoms in total. The van der Waals surface area contributed by atoms with Crippen LogP contribution in [0.3, 0.4) is 0 Å². The maximum atomic E-state index is 12.9. The molecule has 1 amide bonds. The Morgan fingerprint density at radius 1 is 1.22 bits per heavy atom. The third-order valence-electron chi connectivity index (χ3n) is 6.02. The molecule has 0 aliphatic heterocycles. The number of amides is 1. The summed E-state index contributed by atoms with van der Waals surface area (Å²) < 4.78 is 46.0. The Morgan fingerprint density at radius 3 is 2.62 bits per heavy atom. The number of rotatable bonds is 5. The Kier molecular flexibility index (Phi) is 6.03. The zero-order chi connectivity index (χ0) is 22.9. The summed E-state index contributed by atoms with van der Waals surface area (Å²) in [7, 11) is 1.45. The fraction of sp³-hybridized carbons (Fsp3) is 0.455. The molecule has 0 bridgehead atoms. The Balaban J connectivity index is 1.58. The number of nitrogens with zero attached hydrogens (tertiary/aromatic N) is 4. The molecule has 3 aromatic rings. The van der Waals surface area contributed by atoms with Gasteiger partial charge in [-0.1, -0.05) is 13.3 Å². The number of nitrogens with one attached hydrogen (secondary N) is 1. The van der Waals surface area contributed by atoms with Crippen molar-refractivity contribution in [1.29, 1.82) is 0 Å². The molecule has 1 fully saturated rings. The number of hydrogen-bond donors (Lipinski definition) is 1. The lowest BCUT2D eigenvalue weighted by Gasteiger charge is -2.27. The lowest BCUT2D eigenvalue weighted by Crippen LogP contribution is -2.18. The van der Waals surface area contributed by atoms with Gasteiger partial charge in [0.2, 0.25) is 0 Å². The van der Waals surface area contributed by atoms with Crippen molar-refractivity contribution in [2.45, 2.75) is 51.2 Å². The van der Waals surface area contributed by atoms with Crippen LogP contribution in [0.1, 0.15) is 61.3 Å². The normalized spacial score (nSPS) is 19.2. The molecule has 1 aliphatic carbocycles. The summed E-state index contributed by atoms with van der Waals surface area (Å²) in [6, 6.07) is 3.74. The summed E-state index contributed by atoms with van der Waals surface area (Å²) in [6.07, 6.45) is 4.51. The first-order chi connectivity index (χ1) is 15.3.